The van der Waals surface area contributed by atoms with Crippen LogP contribution in [-0.4, -0.2) is 19.2 Å². The molecule has 0 saturated heterocycles. The second-order valence-corrected chi connectivity index (χ2v) is 4.96. The maximum Gasteiger partial charge on any atom is 0.179 e. The molecule has 0 saturated carbocycles. The van der Waals surface area contributed by atoms with Crippen molar-refractivity contribution >= 4 is 21.4 Å². The molecule has 0 radical (unpaired) electrons. The summed E-state index contributed by atoms with van der Waals surface area (Å²) in [6.07, 6.45) is 2.70. The van der Waals surface area contributed by atoms with Crippen LogP contribution in [0, 0.1) is 0 Å². The highest BCUT2D eigenvalue weighted by Crippen LogP contribution is 2.14. The maximum atomic E-state index is 11.3. The van der Waals surface area contributed by atoms with Gasteiger partial charge in [0.15, 0.2) is 9.84 Å². The minimum absolute atomic E-state index is 0.0645. The van der Waals surface area contributed by atoms with Crippen molar-refractivity contribution in [1.82, 2.24) is 4.98 Å². The zero-order chi connectivity index (χ0) is 9.19. The van der Waals surface area contributed by atoms with Crippen LogP contribution in [0.5, 0.6) is 0 Å². The first-order chi connectivity index (χ1) is 5.56. The Balaban J connectivity index is 3.21. The first kappa shape index (κ1) is 9.48. The minimum atomic E-state index is -3.17. The predicted octanol–water partition coefficient (Wildman–Crippen LogP) is 1.53. The van der Waals surface area contributed by atoms with Crippen LogP contribution in [0.15, 0.2) is 23.4 Å². The topological polar surface area (TPSA) is 47.0 Å². The summed E-state index contributed by atoms with van der Waals surface area (Å²) in [5.74, 6) is 0.0645. The molecule has 0 aromatic carbocycles. The Kier molecular flexibility index (Phi) is 2.69. The van der Waals surface area contributed by atoms with E-state index in [0.29, 0.717) is 5.02 Å². The molecule has 0 spiro atoms. The van der Waals surface area contributed by atoms with Gasteiger partial charge in [0.1, 0.15) is 0 Å². The second-order valence-electron chi connectivity index (χ2n) is 2.24. The van der Waals surface area contributed by atoms with Crippen molar-refractivity contribution in [1.29, 1.82) is 0 Å². The maximum absolute atomic E-state index is 11.3. The van der Waals surface area contributed by atoms with Gasteiger partial charge in [-0.25, -0.2) is 8.42 Å². The van der Waals surface area contributed by atoms with Crippen molar-refractivity contribution in [2.75, 3.05) is 5.75 Å². The Morgan fingerprint density at radius 2 is 2.17 bits per heavy atom. The van der Waals surface area contributed by atoms with E-state index in [1.165, 1.54) is 18.5 Å². The molecule has 0 aliphatic heterocycles. The lowest BCUT2D eigenvalue weighted by Crippen LogP contribution is -2.03. The van der Waals surface area contributed by atoms with Gasteiger partial charge in [-0.05, 0) is 6.07 Å². The number of rotatable bonds is 2. The van der Waals surface area contributed by atoms with Gasteiger partial charge in [0.2, 0.25) is 0 Å². The number of sulfone groups is 1. The van der Waals surface area contributed by atoms with Crippen LogP contribution >= 0.6 is 11.6 Å². The summed E-state index contributed by atoms with van der Waals surface area (Å²) in [5, 5.41) is 0.338. The summed E-state index contributed by atoms with van der Waals surface area (Å²) in [4.78, 5) is 3.87. The lowest BCUT2D eigenvalue weighted by Gasteiger charge is -1.99. The van der Waals surface area contributed by atoms with Gasteiger partial charge in [-0.1, -0.05) is 18.5 Å². The van der Waals surface area contributed by atoms with Crippen LogP contribution in [0.2, 0.25) is 5.02 Å². The predicted molar refractivity (Wildman–Crippen MR) is 47.0 cm³/mol. The molecule has 0 N–H and O–H groups in total. The summed E-state index contributed by atoms with van der Waals surface area (Å²) in [6.45, 7) is 1.58. The van der Waals surface area contributed by atoms with Crippen LogP contribution in [0.25, 0.3) is 0 Å². The van der Waals surface area contributed by atoms with Gasteiger partial charge in [-0.2, -0.15) is 0 Å². The lowest BCUT2D eigenvalue weighted by molar-refractivity contribution is 0.597. The molecule has 1 rings (SSSR count). The Hall–Kier alpha value is -0.610. The van der Waals surface area contributed by atoms with Crippen molar-refractivity contribution in [3.05, 3.63) is 23.5 Å². The molecule has 5 heteroatoms. The Morgan fingerprint density at radius 1 is 1.50 bits per heavy atom. The van der Waals surface area contributed by atoms with Gasteiger partial charge in [0.25, 0.3) is 0 Å². The molecule has 0 aliphatic carbocycles. The third-order valence-corrected chi connectivity index (χ3v) is 3.33. The van der Waals surface area contributed by atoms with Gasteiger partial charge in [-0.3, -0.25) is 4.98 Å². The van der Waals surface area contributed by atoms with Gasteiger partial charge < -0.3 is 0 Å². The van der Waals surface area contributed by atoms with Gasteiger partial charge >= 0.3 is 0 Å². The fourth-order valence-corrected chi connectivity index (χ4v) is 1.83. The number of hydrogen-bond acceptors (Lipinski definition) is 3. The van der Waals surface area contributed by atoms with Gasteiger partial charge in [-0.15, -0.1) is 0 Å². The average molecular weight is 206 g/mol. The highest BCUT2D eigenvalue weighted by Gasteiger charge is 2.11. The molecule has 1 heterocycles. The second kappa shape index (κ2) is 3.41. The molecule has 12 heavy (non-hydrogen) atoms. The van der Waals surface area contributed by atoms with E-state index >= 15 is 0 Å². The monoisotopic (exact) mass is 205 g/mol. The largest absolute Gasteiger partial charge is 0.262 e. The Morgan fingerprint density at radius 3 is 2.67 bits per heavy atom. The molecule has 0 fully saturated rings. The number of halogens is 1. The summed E-state index contributed by atoms with van der Waals surface area (Å²) in [6, 6.07) is 1.40. The third kappa shape index (κ3) is 1.95. The molecule has 1 aromatic rings. The van der Waals surface area contributed by atoms with Crippen LogP contribution in [-0.2, 0) is 9.84 Å². The van der Waals surface area contributed by atoms with E-state index in [-0.39, 0.29) is 10.6 Å². The first-order valence-electron chi connectivity index (χ1n) is 3.39. The summed E-state index contributed by atoms with van der Waals surface area (Å²) in [7, 11) is -3.17. The molecule has 1 aromatic heterocycles. The molecular weight excluding hydrogens is 198 g/mol. The molecule has 0 unspecified atom stereocenters. The van der Waals surface area contributed by atoms with E-state index < -0.39 is 9.84 Å². The van der Waals surface area contributed by atoms with E-state index in [1.54, 1.807) is 6.92 Å². The Labute approximate surface area is 76.3 Å². The molecule has 0 aliphatic rings. The molecular formula is C7H8ClNO2S. The van der Waals surface area contributed by atoms with Crippen molar-refractivity contribution in [2.24, 2.45) is 0 Å². The van der Waals surface area contributed by atoms with Crippen molar-refractivity contribution in [3.63, 3.8) is 0 Å². The average Bonchev–Trinajstić information content (AvgIpc) is 2.05. The van der Waals surface area contributed by atoms with E-state index in [1.807, 2.05) is 0 Å². The highest BCUT2D eigenvalue weighted by molar-refractivity contribution is 7.91. The normalized spacial score (nSPS) is 11.5. The van der Waals surface area contributed by atoms with Crippen LogP contribution < -0.4 is 0 Å². The fourth-order valence-electron chi connectivity index (χ4n) is 0.729. The quantitative estimate of drug-likeness (QED) is 0.736. The van der Waals surface area contributed by atoms with Crippen molar-refractivity contribution in [3.8, 4) is 0 Å². The van der Waals surface area contributed by atoms with E-state index in [2.05, 4.69) is 4.98 Å². The third-order valence-electron chi connectivity index (χ3n) is 1.42. The number of hydrogen-bond donors (Lipinski definition) is 0. The van der Waals surface area contributed by atoms with Gasteiger partial charge in [0, 0.05) is 12.4 Å². The zero-order valence-electron chi connectivity index (χ0n) is 6.49. The summed E-state index contributed by atoms with van der Waals surface area (Å²) < 4.78 is 22.5. The molecule has 66 valence electrons. The molecule has 3 nitrogen and oxygen atoms in total. The minimum Gasteiger partial charge on any atom is -0.262 e. The molecule has 0 amide bonds. The zero-order valence-corrected chi connectivity index (χ0v) is 8.06. The van der Waals surface area contributed by atoms with Gasteiger partial charge in [0.05, 0.1) is 15.7 Å². The number of pyridine rings is 1. The molecule has 0 bridgehead atoms. The van der Waals surface area contributed by atoms with Crippen LogP contribution in [0.1, 0.15) is 6.92 Å². The summed E-state index contributed by atoms with van der Waals surface area (Å²) in [5.41, 5.74) is 0. The van der Waals surface area contributed by atoms with E-state index in [4.69, 9.17) is 11.6 Å². The van der Waals surface area contributed by atoms with Crippen molar-refractivity contribution < 1.29 is 8.42 Å². The molecule has 0 atom stereocenters. The van der Waals surface area contributed by atoms with E-state index in [0.717, 1.165) is 0 Å². The number of nitrogens with zero attached hydrogens (tertiary/aromatic N) is 1. The highest BCUT2D eigenvalue weighted by atomic mass is 35.5. The summed E-state index contributed by atoms with van der Waals surface area (Å²) >= 11 is 5.58. The Bertz CT molecular complexity index is 375. The number of aromatic nitrogens is 1. The van der Waals surface area contributed by atoms with E-state index in [9.17, 15) is 8.42 Å². The lowest BCUT2D eigenvalue weighted by atomic mass is 10.5. The van der Waals surface area contributed by atoms with Crippen molar-refractivity contribution in [2.45, 2.75) is 11.8 Å². The fraction of sp³-hybridized carbons (Fsp3) is 0.286. The SMILES string of the molecule is CCS(=O)(=O)c1cncc(Cl)c1. The smallest absolute Gasteiger partial charge is 0.179 e. The van der Waals surface area contributed by atoms with Crippen LogP contribution in [0.4, 0.5) is 0 Å². The first-order valence-corrected chi connectivity index (χ1v) is 5.42. The van der Waals surface area contributed by atoms with Crippen LogP contribution in [0.3, 0.4) is 0 Å². The standard InChI is InChI=1S/C7H8ClNO2S/c1-2-12(10,11)7-3-6(8)4-9-5-7/h3-5H,2H2,1H3.